The van der Waals surface area contributed by atoms with E-state index in [-0.39, 0.29) is 6.54 Å². The molecule has 0 aliphatic rings. The summed E-state index contributed by atoms with van der Waals surface area (Å²) in [7, 11) is 1.60. The molecule has 0 saturated carbocycles. The minimum Gasteiger partial charge on any atom is -0.493 e. The van der Waals surface area contributed by atoms with Crippen LogP contribution in [0.3, 0.4) is 0 Å². The molecule has 1 aromatic carbocycles. The summed E-state index contributed by atoms with van der Waals surface area (Å²) in [6.07, 6.45) is 1.53. The van der Waals surface area contributed by atoms with Crippen molar-refractivity contribution in [2.75, 3.05) is 32.1 Å². The smallest absolute Gasteiger partial charge is 0.195 e. The Morgan fingerprint density at radius 2 is 2.08 bits per heavy atom. The lowest BCUT2D eigenvalue weighted by atomic mass is 10.0. The van der Waals surface area contributed by atoms with E-state index in [2.05, 4.69) is 15.6 Å². The van der Waals surface area contributed by atoms with Gasteiger partial charge in [-0.2, -0.15) is 0 Å². The Labute approximate surface area is 154 Å². The van der Waals surface area contributed by atoms with E-state index < -0.39 is 5.60 Å². The third kappa shape index (κ3) is 5.16. The zero-order valence-electron chi connectivity index (χ0n) is 15.7. The lowest BCUT2D eigenvalue weighted by Gasteiger charge is -2.20. The molecule has 2 rings (SSSR count). The summed E-state index contributed by atoms with van der Waals surface area (Å²) in [4.78, 5) is 4.46. The first-order chi connectivity index (χ1) is 12.5. The fraction of sp³-hybridized carbons (Fsp3) is 0.421. The van der Waals surface area contributed by atoms with Gasteiger partial charge in [-0.1, -0.05) is 0 Å². The SMILES string of the molecule is CCNC(=NCC(C)(O)c1ccco1)Nc1ccc(OCC)c(OC)c1. The monoisotopic (exact) mass is 361 g/mol. The number of methoxy groups -OCH3 is 1. The van der Waals surface area contributed by atoms with Crippen LogP contribution in [0.5, 0.6) is 11.5 Å². The molecular formula is C19H27N3O4. The lowest BCUT2D eigenvalue weighted by molar-refractivity contribution is 0.0438. The zero-order valence-corrected chi connectivity index (χ0v) is 15.7. The predicted octanol–water partition coefficient (Wildman–Crippen LogP) is 2.97. The molecule has 2 aromatic rings. The first-order valence-corrected chi connectivity index (χ1v) is 8.62. The highest BCUT2D eigenvalue weighted by molar-refractivity contribution is 5.94. The molecule has 3 N–H and O–H groups in total. The van der Waals surface area contributed by atoms with Crippen LogP contribution in [-0.2, 0) is 5.60 Å². The van der Waals surface area contributed by atoms with Crippen LogP contribution in [0, 0.1) is 0 Å². The summed E-state index contributed by atoms with van der Waals surface area (Å²) in [5.41, 5.74) is -0.398. The third-order valence-electron chi connectivity index (χ3n) is 3.67. The van der Waals surface area contributed by atoms with Gasteiger partial charge in [0.1, 0.15) is 11.4 Å². The molecular weight excluding hydrogens is 334 g/mol. The first kappa shape index (κ1) is 19.7. The molecule has 1 heterocycles. The van der Waals surface area contributed by atoms with Crippen molar-refractivity contribution >= 4 is 11.6 Å². The van der Waals surface area contributed by atoms with Gasteiger partial charge in [0.15, 0.2) is 17.5 Å². The van der Waals surface area contributed by atoms with Gasteiger partial charge in [0.2, 0.25) is 0 Å². The Kier molecular flexibility index (Phi) is 6.91. The zero-order chi connectivity index (χ0) is 19.0. The predicted molar refractivity (Wildman–Crippen MR) is 102 cm³/mol. The summed E-state index contributed by atoms with van der Waals surface area (Å²) in [6, 6.07) is 9.02. The lowest BCUT2D eigenvalue weighted by Crippen LogP contribution is -2.33. The van der Waals surface area contributed by atoms with E-state index in [0.717, 1.165) is 5.69 Å². The summed E-state index contributed by atoms with van der Waals surface area (Å²) in [5.74, 6) is 2.34. The molecule has 7 nitrogen and oxygen atoms in total. The fourth-order valence-corrected chi connectivity index (χ4v) is 2.36. The van der Waals surface area contributed by atoms with Crippen LogP contribution in [0.1, 0.15) is 26.5 Å². The van der Waals surface area contributed by atoms with E-state index in [0.29, 0.717) is 36.4 Å². The molecule has 0 aliphatic heterocycles. The number of hydrogen-bond donors (Lipinski definition) is 3. The topological polar surface area (TPSA) is 88.3 Å². The van der Waals surface area contributed by atoms with Crippen molar-refractivity contribution in [3.05, 3.63) is 42.4 Å². The average molecular weight is 361 g/mol. The van der Waals surface area contributed by atoms with Crippen LogP contribution in [0.4, 0.5) is 5.69 Å². The van der Waals surface area contributed by atoms with Crippen LogP contribution in [-0.4, -0.2) is 37.9 Å². The number of nitrogens with one attached hydrogen (secondary N) is 2. The van der Waals surface area contributed by atoms with Gasteiger partial charge in [-0.25, -0.2) is 4.99 Å². The van der Waals surface area contributed by atoms with Crippen LogP contribution in [0.25, 0.3) is 0 Å². The number of guanidine groups is 1. The molecule has 0 amide bonds. The molecule has 0 fully saturated rings. The number of aliphatic hydroxyl groups is 1. The van der Waals surface area contributed by atoms with Crippen molar-refractivity contribution in [1.29, 1.82) is 0 Å². The quantitative estimate of drug-likeness (QED) is 0.495. The van der Waals surface area contributed by atoms with Crippen molar-refractivity contribution in [3.63, 3.8) is 0 Å². The van der Waals surface area contributed by atoms with Gasteiger partial charge in [0.05, 0.1) is 26.5 Å². The van der Waals surface area contributed by atoms with Crippen molar-refractivity contribution in [2.45, 2.75) is 26.4 Å². The largest absolute Gasteiger partial charge is 0.493 e. The first-order valence-electron chi connectivity index (χ1n) is 8.62. The van der Waals surface area contributed by atoms with Crippen molar-refractivity contribution in [1.82, 2.24) is 5.32 Å². The van der Waals surface area contributed by atoms with Crippen molar-refractivity contribution in [3.8, 4) is 11.5 Å². The minimum atomic E-state index is -1.19. The highest BCUT2D eigenvalue weighted by Crippen LogP contribution is 2.30. The molecule has 0 aliphatic carbocycles. The number of benzene rings is 1. The van der Waals surface area contributed by atoms with Gasteiger partial charge in [-0.05, 0) is 45.0 Å². The van der Waals surface area contributed by atoms with Crippen LogP contribution < -0.4 is 20.1 Å². The van der Waals surface area contributed by atoms with E-state index in [1.54, 1.807) is 26.2 Å². The highest BCUT2D eigenvalue weighted by atomic mass is 16.5. The standard InChI is InChI=1S/C19H27N3O4/c1-5-20-18(21-13-19(3,23)17-8-7-11-26-17)22-14-9-10-15(25-6-2)16(12-14)24-4/h7-12,23H,5-6,13H2,1-4H3,(H2,20,21,22). The van der Waals surface area contributed by atoms with Gasteiger partial charge in [-0.3, -0.25) is 0 Å². The van der Waals surface area contributed by atoms with E-state index in [4.69, 9.17) is 13.9 Å². The Hall–Kier alpha value is -2.67. The number of nitrogens with zero attached hydrogens (tertiary/aromatic N) is 1. The Balaban J connectivity index is 2.14. The third-order valence-corrected chi connectivity index (χ3v) is 3.67. The van der Waals surface area contributed by atoms with Crippen LogP contribution >= 0.6 is 0 Å². The van der Waals surface area contributed by atoms with Crippen molar-refractivity contribution < 1.29 is 19.0 Å². The van der Waals surface area contributed by atoms with E-state index in [1.807, 2.05) is 32.0 Å². The van der Waals surface area contributed by atoms with Gasteiger partial charge >= 0.3 is 0 Å². The van der Waals surface area contributed by atoms with Gasteiger partial charge in [-0.15, -0.1) is 0 Å². The van der Waals surface area contributed by atoms with Gasteiger partial charge < -0.3 is 29.6 Å². The highest BCUT2D eigenvalue weighted by Gasteiger charge is 2.26. The second-order valence-electron chi connectivity index (χ2n) is 5.87. The maximum atomic E-state index is 10.5. The summed E-state index contributed by atoms with van der Waals surface area (Å²) in [5, 5.41) is 16.9. The Bertz CT molecular complexity index is 712. The molecule has 1 atom stereocenters. The van der Waals surface area contributed by atoms with Crippen LogP contribution in [0.2, 0.25) is 0 Å². The Morgan fingerprint density at radius 3 is 2.69 bits per heavy atom. The number of aliphatic imine (C=N–C) groups is 1. The number of anilines is 1. The van der Waals surface area contributed by atoms with Crippen molar-refractivity contribution in [2.24, 2.45) is 4.99 Å². The molecule has 0 bridgehead atoms. The number of hydrogen-bond acceptors (Lipinski definition) is 5. The minimum absolute atomic E-state index is 0.143. The second-order valence-corrected chi connectivity index (χ2v) is 5.87. The summed E-state index contributed by atoms with van der Waals surface area (Å²) >= 11 is 0. The maximum absolute atomic E-state index is 10.5. The summed E-state index contributed by atoms with van der Waals surface area (Å²) < 4.78 is 16.2. The number of ether oxygens (including phenoxy) is 2. The molecule has 1 aromatic heterocycles. The summed E-state index contributed by atoms with van der Waals surface area (Å²) in [6.45, 7) is 6.95. The number of rotatable bonds is 8. The molecule has 1 unspecified atom stereocenters. The van der Waals surface area contributed by atoms with Gasteiger partial charge in [0, 0.05) is 18.3 Å². The number of furan rings is 1. The molecule has 26 heavy (non-hydrogen) atoms. The average Bonchev–Trinajstić information content (AvgIpc) is 3.17. The normalized spacial score (nSPS) is 13.8. The molecule has 0 saturated heterocycles. The van der Waals surface area contributed by atoms with E-state index in [1.165, 1.54) is 6.26 Å². The Morgan fingerprint density at radius 1 is 1.27 bits per heavy atom. The molecule has 142 valence electrons. The maximum Gasteiger partial charge on any atom is 0.195 e. The second kappa shape index (κ2) is 9.15. The fourth-order valence-electron chi connectivity index (χ4n) is 2.36. The molecule has 7 heteroatoms. The van der Waals surface area contributed by atoms with Gasteiger partial charge in [0.25, 0.3) is 0 Å². The van der Waals surface area contributed by atoms with E-state index in [9.17, 15) is 5.11 Å². The van der Waals surface area contributed by atoms with E-state index >= 15 is 0 Å². The van der Waals surface area contributed by atoms with Crippen LogP contribution in [0.15, 0.2) is 46.0 Å². The molecule has 0 radical (unpaired) electrons. The molecule has 0 spiro atoms.